The number of hydrogen-bond donors (Lipinski definition) is 1. The van der Waals surface area contributed by atoms with Crippen molar-refractivity contribution in [3.8, 4) is 16.3 Å². The fourth-order valence-corrected chi connectivity index (χ4v) is 4.57. The maximum Gasteiger partial charge on any atom is 0.211 e. The van der Waals surface area contributed by atoms with E-state index in [0.717, 1.165) is 16.3 Å². The molecule has 3 rings (SSSR count). The van der Waals surface area contributed by atoms with Crippen LogP contribution >= 0.6 is 22.9 Å². The van der Waals surface area contributed by atoms with Crippen molar-refractivity contribution < 1.29 is 17.9 Å². The number of hydrogen-bond acceptors (Lipinski definition) is 6. The average Bonchev–Trinajstić information content (AvgIpc) is 3.07. The van der Waals surface area contributed by atoms with E-state index in [0.29, 0.717) is 30.6 Å². The molecule has 1 N–H and O–H groups in total. The molecule has 26 heavy (non-hydrogen) atoms. The predicted octanol–water partition coefficient (Wildman–Crippen LogP) is 3.19. The Morgan fingerprint density at radius 1 is 1.38 bits per heavy atom. The summed E-state index contributed by atoms with van der Waals surface area (Å²) in [6, 6.07) is 7.45. The molecule has 1 aliphatic rings. The zero-order valence-corrected chi connectivity index (χ0v) is 16.7. The van der Waals surface area contributed by atoms with E-state index >= 15 is 0 Å². The molecule has 0 spiro atoms. The molecule has 0 amide bonds. The third-order valence-corrected chi connectivity index (χ3v) is 6.81. The van der Waals surface area contributed by atoms with Crippen LogP contribution in [0, 0.1) is 5.92 Å². The smallest absolute Gasteiger partial charge is 0.211 e. The van der Waals surface area contributed by atoms with Crippen molar-refractivity contribution >= 4 is 33.0 Å². The molecule has 6 nitrogen and oxygen atoms in total. The number of rotatable bonds is 7. The highest BCUT2D eigenvalue weighted by Crippen LogP contribution is 2.29. The van der Waals surface area contributed by atoms with Crippen LogP contribution in [0.1, 0.15) is 13.3 Å². The number of nitrogens with zero attached hydrogens (tertiary/aromatic N) is 1. The van der Waals surface area contributed by atoms with Crippen molar-refractivity contribution in [2.45, 2.75) is 19.4 Å². The van der Waals surface area contributed by atoms with Gasteiger partial charge in [0.2, 0.25) is 10.0 Å². The molecule has 0 bridgehead atoms. The number of nitrogens with one attached hydrogen (secondary N) is 1. The lowest BCUT2D eigenvalue weighted by Gasteiger charge is -2.31. The molecule has 2 atom stereocenters. The first-order chi connectivity index (χ1) is 12.5. The van der Waals surface area contributed by atoms with Gasteiger partial charge >= 0.3 is 0 Å². The maximum absolute atomic E-state index is 11.9. The van der Waals surface area contributed by atoms with E-state index in [4.69, 9.17) is 21.1 Å². The Hall–Kier alpha value is -1.19. The third-order valence-electron chi connectivity index (χ3n) is 4.23. The zero-order chi connectivity index (χ0) is 18.6. The van der Waals surface area contributed by atoms with Gasteiger partial charge in [-0.2, -0.15) is 0 Å². The second-order valence-electron chi connectivity index (χ2n) is 6.06. The van der Waals surface area contributed by atoms with Crippen LogP contribution in [0.15, 0.2) is 30.5 Å². The summed E-state index contributed by atoms with van der Waals surface area (Å²) in [6.45, 7) is 3.05. The van der Waals surface area contributed by atoms with E-state index < -0.39 is 10.0 Å². The second-order valence-corrected chi connectivity index (χ2v) is 9.76. The van der Waals surface area contributed by atoms with E-state index in [1.165, 1.54) is 11.3 Å². The van der Waals surface area contributed by atoms with E-state index in [9.17, 15) is 8.42 Å². The number of thiazole rings is 1. The highest BCUT2D eigenvalue weighted by atomic mass is 35.5. The summed E-state index contributed by atoms with van der Waals surface area (Å²) in [5.41, 5.74) is 0.976. The Morgan fingerprint density at radius 2 is 2.15 bits per heavy atom. The molecule has 1 aromatic carbocycles. The molecule has 2 aromatic rings. The van der Waals surface area contributed by atoms with Crippen molar-refractivity contribution in [3.63, 3.8) is 0 Å². The summed E-state index contributed by atoms with van der Waals surface area (Å²) in [4.78, 5) is 4.25. The molecule has 0 radical (unpaired) electrons. The molecule has 9 heteroatoms. The van der Waals surface area contributed by atoms with Crippen LogP contribution in [0.2, 0.25) is 4.34 Å². The lowest BCUT2D eigenvalue weighted by Crippen LogP contribution is -2.47. The fraction of sp³-hybridized carbons (Fsp3) is 0.471. The van der Waals surface area contributed by atoms with E-state index in [-0.39, 0.29) is 17.7 Å². The van der Waals surface area contributed by atoms with Gasteiger partial charge in [-0.05, 0) is 37.6 Å². The Balaban J connectivity index is 1.60. The van der Waals surface area contributed by atoms with Gasteiger partial charge < -0.3 is 9.47 Å². The molecular weight excluding hydrogens is 396 g/mol. The monoisotopic (exact) mass is 416 g/mol. The Bertz CT molecular complexity index is 824. The number of benzene rings is 1. The van der Waals surface area contributed by atoms with E-state index in [1.54, 1.807) is 13.1 Å². The third kappa shape index (κ3) is 5.17. The number of sulfonamides is 1. The topological polar surface area (TPSA) is 77.5 Å². The molecular formula is C17H21ClN2O4S2. The Morgan fingerprint density at radius 3 is 2.81 bits per heavy atom. The quantitative estimate of drug-likeness (QED) is 0.750. The van der Waals surface area contributed by atoms with Gasteiger partial charge in [0, 0.05) is 24.1 Å². The normalized spacial score (nSPS) is 20.8. The van der Waals surface area contributed by atoms with Crippen LogP contribution in [0.3, 0.4) is 0 Å². The first-order valence-corrected chi connectivity index (χ1v) is 11.2. The lowest BCUT2D eigenvalue weighted by atomic mass is 9.98. The fourth-order valence-electron chi connectivity index (χ4n) is 2.72. The van der Waals surface area contributed by atoms with Gasteiger partial charge in [-0.1, -0.05) is 11.6 Å². The second kappa shape index (κ2) is 8.67. The minimum atomic E-state index is -3.25. The zero-order valence-electron chi connectivity index (χ0n) is 14.4. The molecule has 1 fully saturated rings. The molecule has 142 valence electrons. The van der Waals surface area contributed by atoms with Gasteiger partial charge in [-0.15, -0.1) is 11.3 Å². The summed E-state index contributed by atoms with van der Waals surface area (Å²) in [5.74, 6) is 0.766. The summed E-state index contributed by atoms with van der Waals surface area (Å²) < 4.78 is 38.5. The number of aromatic nitrogens is 1. The summed E-state index contributed by atoms with van der Waals surface area (Å²) >= 11 is 7.34. The van der Waals surface area contributed by atoms with E-state index in [2.05, 4.69) is 9.71 Å². The van der Waals surface area contributed by atoms with Crippen LogP contribution in [0.25, 0.3) is 10.6 Å². The van der Waals surface area contributed by atoms with Gasteiger partial charge in [-0.3, -0.25) is 0 Å². The Kier molecular flexibility index (Phi) is 6.52. The highest BCUT2D eigenvalue weighted by Gasteiger charge is 2.29. The van der Waals surface area contributed by atoms with E-state index in [1.807, 2.05) is 24.3 Å². The molecule has 1 aliphatic heterocycles. The van der Waals surface area contributed by atoms with Crippen molar-refractivity contribution in [1.82, 2.24) is 9.71 Å². The molecule has 0 aliphatic carbocycles. The van der Waals surface area contributed by atoms with Gasteiger partial charge in [0.05, 0.1) is 25.2 Å². The molecule has 2 heterocycles. The van der Waals surface area contributed by atoms with Crippen molar-refractivity contribution in [2.24, 2.45) is 5.92 Å². The van der Waals surface area contributed by atoms with Crippen molar-refractivity contribution in [1.29, 1.82) is 0 Å². The highest BCUT2D eigenvalue weighted by molar-refractivity contribution is 7.89. The number of ether oxygens (including phenoxy) is 2. The van der Waals surface area contributed by atoms with Crippen LogP contribution in [0.5, 0.6) is 5.75 Å². The summed E-state index contributed by atoms with van der Waals surface area (Å²) in [6.07, 6.45) is 2.28. The minimum absolute atomic E-state index is 0.0254. The largest absolute Gasteiger partial charge is 0.493 e. The maximum atomic E-state index is 11.9. The minimum Gasteiger partial charge on any atom is -0.493 e. The van der Waals surface area contributed by atoms with Crippen molar-refractivity contribution in [2.75, 3.05) is 25.6 Å². The molecule has 0 saturated carbocycles. The molecule has 1 saturated heterocycles. The first kappa shape index (κ1) is 19.6. The van der Waals surface area contributed by atoms with Gasteiger partial charge in [0.1, 0.15) is 15.1 Å². The Labute approximate surface area is 162 Å². The predicted molar refractivity (Wildman–Crippen MR) is 103 cm³/mol. The average molecular weight is 417 g/mol. The standard InChI is InChI=1S/C17H21ClN2O4S2/c1-2-26(21,22)20-15-7-8-23-10-13(15)11-24-14-5-3-12(4-6-14)17-19-9-16(18)25-17/h3-6,9,13,15,20H,2,7-8,10-11H2,1H3. The summed E-state index contributed by atoms with van der Waals surface area (Å²) in [7, 11) is -3.25. The van der Waals surface area contributed by atoms with Gasteiger partial charge in [0.15, 0.2) is 0 Å². The molecule has 1 aromatic heterocycles. The lowest BCUT2D eigenvalue weighted by molar-refractivity contribution is 0.0186. The van der Waals surface area contributed by atoms with Gasteiger partial charge in [-0.25, -0.2) is 18.1 Å². The SMILES string of the molecule is CCS(=O)(=O)NC1CCOCC1COc1ccc(-c2ncc(Cl)s2)cc1. The molecule has 2 unspecified atom stereocenters. The van der Waals surface area contributed by atoms with Crippen LogP contribution in [0.4, 0.5) is 0 Å². The number of halogens is 1. The van der Waals surface area contributed by atoms with Crippen molar-refractivity contribution in [3.05, 3.63) is 34.8 Å². The summed E-state index contributed by atoms with van der Waals surface area (Å²) in [5, 5.41) is 0.858. The van der Waals surface area contributed by atoms with Crippen LogP contribution in [-0.4, -0.2) is 45.0 Å². The van der Waals surface area contributed by atoms with Gasteiger partial charge in [0.25, 0.3) is 0 Å². The van der Waals surface area contributed by atoms with Crippen LogP contribution < -0.4 is 9.46 Å². The first-order valence-electron chi connectivity index (χ1n) is 8.39. The van der Waals surface area contributed by atoms with Crippen LogP contribution in [-0.2, 0) is 14.8 Å².